The molecule has 2 aromatic rings. The summed E-state index contributed by atoms with van der Waals surface area (Å²) in [7, 11) is 1.62. The highest BCUT2D eigenvalue weighted by atomic mass is 16.5. The molecule has 3 rings (SSSR count). The smallest absolute Gasteiger partial charge is 0.257 e. The molecule has 1 aromatic carbocycles. The number of ether oxygens (including phenoxy) is 2. The van der Waals surface area contributed by atoms with Crippen molar-refractivity contribution in [2.24, 2.45) is 11.8 Å². The van der Waals surface area contributed by atoms with E-state index in [0.29, 0.717) is 17.2 Å². The third-order valence-corrected chi connectivity index (χ3v) is 5.79. The van der Waals surface area contributed by atoms with Crippen LogP contribution in [0, 0.1) is 11.8 Å². The number of aromatic hydroxyl groups is 1. The standard InChI is InChI=1S/C25H31NO4/c1-6-15(2)13-16(3)7-12-21-17(4)23(29-5)22-24(30-21)20(14-26-25(22)28)18-8-10-19(27)11-9-18/h7-15,17,21,23,27H,6H2,1-5H3,(H,26,28)/b12-7+,16-13+/t15-,17+,21+,23+/m0/s1. The van der Waals surface area contributed by atoms with Crippen molar-refractivity contribution in [1.29, 1.82) is 0 Å². The Labute approximate surface area is 178 Å². The van der Waals surface area contributed by atoms with Gasteiger partial charge in [0.25, 0.3) is 5.56 Å². The van der Waals surface area contributed by atoms with E-state index in [2.05, 4.69) is 44.0 Å². The van der Waals surface area contributed by atoms with Crippen molar-refractivity contribution >= 4 is 0 Å². The lowest BCUT2D eigenvalue weighted by atomic mass is 9.87. The molecule has 0 aliphatic carbocycles. The molecule has 0 bridgehead atoms. The summed E-state index contributed by atoms with van der Waals surface area (Å²) in [6.45, 7) is 8.49. The van der Waals surface area contributed by atoms with Gasteiger partial charge in [0.05, 0.1) is 11.7 Å². The number of aromatic amines is 1. The summed E-state index contributed by atoms with van der Waals surface area (Å²) in [5, 5.41) is 9.62. The number of hydrogen-bond donors (Lipinski definition) is 2. The average Bonchev–Trinajstić information content (AvgIpc) is 2.73. The normalized spacial score (nSPS) is 22.6. The predicted molar refractivity (Wildman–Crippen MR) is 120 cm³/mol. The minimum atomic E-state index is -0.386. The minimum absolute atomic E-state index is 0.0358. The molecule has 1 aliphatic heterocycles. The van der Waals surface area contributed by atoms with E-state index in [0.717, 1.165) is 17.5 Å². The fraction of sp³-hybridized carbons (Fsp3) is 0.400. The van der Waals surface area contributed by atoms with Crippen LogP contribution in [0.15, 0.2) is 59.1 Å². The SMILES string of the molecule is CC[C@H](C)/C=C(C)/C=C/[C@H]1Oc2c(-c3ccc(O)cc3)c[nH]c(=O)c2[C@H](OC)[C@@H]1C. The molecular formula is C25H31NO4. The van der Waals surface area contributed by atoms with Gasteiger partial charge in [-0.25, -0.2) is 0 Å². The summed E-state index contributed by atoms with van der Waals surface area (Å²) in [5.41, 5.74) is 3.10. The molecule has 1 aliphatic rings. The number of phenolic OH excluding ortho intramolecular Hbond substituents is 1. The Kier molecular flexibility index (Phi) is 6.83. The lowest BCUT2D eigenvalue weighted by Crippen LogP contribution is -2.37. The van der Waals surface area contributed by atoms with E-state index in [4.69, 9.17) is 9.47 Å². The zero-order valence-electron chi connectivity index (χ0n) is 18.3. The first kappa shape index (κ1) is 21.9. The minimum Gasteiger partial charge on any atom is -0.508 e. The van der Waals surface area contributed by atoms with Gasteiger partial charge in [-0.1, -0.05) is 57.0 Å². The molecule has 0 saturated carbocycles. The van der Waals surface area contributed by atoms with Gasteiger partial charge in [0.2, 0.25) is 0 Å². The summed E-state index contributed by atoms with van der Waals surface area (Å²) < 4.78 is 12.1. The largest absolute Gasteiger partial charge is 0.508 e. The lowest BCUT2D eigenvalue weighted by Gasteiger charge is -2.36. The number of rotatable bonds is 6. The molecular weight excluding hydrogens is 378 g/mol. The Morgan fingerprint density at radius 3 is 2.67 bits per heavy atom. The second kappa shape index (κ2) is 9.35. The molecule has 0 fully saturated rings. The number of aromatic nitrogens is 1. The Bertz CT molecular complexity index is 987. The van der Waals surface area contributed by atoms with E-state index in [1.165, 1.54) is 5.57 Å². The predicted octanol–water partition coefficient (Wildman–Crippen LogP) is 5.38. The Hall–Kier alpha value is -2.79. The summed E-state index contributed by atoms with van der Waals surface area (Å²) in [6, 6.07) is 6.84. The summed E-state index contributed by atoms with van der Waals surface area (Å²) in [4.78, 5) is 15.5. The van der Waals surface area contributed by atoms with E-state index in [1.54, 1.807) is 37.6 Å². The molecule has 5 heteroatoms. The van der Waals surface area contributed by atoms with Crippen LogP contribution >= 0.6 is 0 Å². The highest BCUT2D eigenvalue weighted by Gasteiger charge is 2.38. The zero-order chi connectivity index (χ0) is 21.8. The third kappa shape index (κ3) is 4.51. The van der Waals surface area contributed by atoms with E-state index < -0.39 is 0 Å². The maximum absolute atomic E-state index is 12.7. The number of H-pyrrole nitrogens is 1. The van der Waals surface area contributed by atoms with Crippen LogP contribution in [0.1, 0.15) is 45.8 Å². The highest BCUT2D eigenvalue weighted by molar-refractivity contribution is 5.72. The number of allylic oxidation sites excluding steroid dienone is 3. The first-order valence-electron chi connectivity index (χ1n) is 10.5. The summed E-state index contributed by atoms with van der Waals surface area (Å²) in [5.74, 6) is 1.20. The maximum atomic E-state index is 12.7. The fourth-order valence-electron chi connectivity index (χ4n) is 3.86. The number of nitrogens with one attached hydrogen (secondary N) is 1. The molecule has 2 N–H and O–H groups in total. The van der Waals surface area contributed by atoms with Crippen LogP contribution < -0.4 is 10.3 Å². The van der Waals surface area contributed by atoms with Gasteiger partial charge in [-0.3, -0.25) is 4.79 Å². The van der Waals surface area contributed by atoms with Crippen LogP contribution in [0.4, 0.5) is 0 Å². The van der Waals surface area contributed by atoms with Crippen LogP contribution in [0.5, 0.6) is 11.5 Å². The number of methoxy groups -OCH3 is 1. The molecule has 0 unspecified atom stereocenters. The molecule has 1 aromatic heterocycles. The Morgan fingerprint density at radius 1 is 1.33 bits per heavy atom. The van der Waals surface area contributed by atoms with Gasteiger partial charge in [-0.2, -0.15) is 0 Å². The van der Waals surface area contributed by atoms with Gasteiger partial charge in [-0.15, -0.1) is 0 Å². The molecule has 160 valence electrons. The lowest BCUT2D eigenvalue weighted by molar-refractivity contribution is -0.00410. The van der Waals surface area contributed by atoms with Gasteiger partial charge in [0.15, 0.2) is 0 Å². The van der Waals surface area contributed by atoms with Gasteiger partial charge in [-0.05, 0) is 36.6 Å². The van der Waals surface area contributed by atoms with Gasteiger partial charge in [0.1, 0.15) is 17.6 Å². The van der Waals surface area contributed by atoms with E-state index >= 15 is 0 Å². The number of phenols is 1. The summed E-state index contributed by atoms with van der Waals surface area (Å²) in [6.07, 6.45) is 8.51. The number of pyridine rings is 1. The first-order chi connectivity index (χ1) is 14.3. The zero-order valence-corrected chi connectivity index (χ0v) is 18.3. The van der Waals surface area contributed by atoms with Crippen LogP contribution in [0.3, 0.4) is 0 Å². The summed E-state index contributed by atoms with van der Waals surface area (Å²) >= 11 is 0. The quantitative estimate of drug-likeness (QED) is 0.628. The molecule has 2 heterocycles. The van der Waals surface area contributed by atoms with Crippen LogP contribution in [0.2, 0.25) is 0 Å². The number of hydrogen-bond acceptors (Lipinski definition) is 4. The molecule has 30 heavy (non-hydrogen) atoms. The van der Waals surface area contributed by atoms with Crippen molar-refractivity contribution in [3.63, 3.8) is 0 Å². The number of benzene rings is 1. The van der Waals surface area contributed by atoms with Crippen LogP contribution in [-0.4, -0.2) is 23.3 Å². The monoisotopic (exact) mass is 409 g/mol. The van der Waals surface area contributed by atoms with Crippen molar-refractivity contribution in [2.75, 3.05) is 7.11 Å². The van der Waals surface area contributed by atoms with Crippen molar-refractivity contribution in [3.05, 3.63) is 70.2 Å². The molecule has 0 amide bonds. The van der Waals surface area contributed by atoms with Crippen molar-refractivity contribution < 1.29 is 14.6 Å². The first-order valence-corrected chi connectivity index (χ1v) is 10.5. The molecule has 0 saturated heterocycles. The van der Waals surface area contributed by atoms with Crippen LogP contribution in [0.25, 0.3) is 11.1 Å². The van der Waals surface area contributed by atoms with E-state index in [9.17, 15) is 9.90 Å². The molecule has 4 atom stereocenters. The maximum Gasteiger partial charge on any atom is 0.257 e. The number of fused-ring (bicyclic) bond motifs is 1. The highest BCUT2D eigenvalue weighted by Crippen LogP contribution is 2.44. The van der Waals surface area contributed by atoms with Crippen molar-refractivity contribution in [3.8, 4) is 22.6 Å². The van der Waals surface area contributed by atoms with Gasteiger partial charge >= 0.3 is 0 Å². The van der Waals surface area contributed by atoms with Crippen molar-refractivity contribution in [2.45, 2.75) is 46.3 Å². The second-order valence-electron chi connectivity index (χ2n) is 8.07. The van der Waals surface area contributed by atoms with Crippen molar-refractivity contribution in [1.82, 2.24) is 4.98 Å². The van der Waals surface area contributed by atoms with Gasteiger partial charge < -0.3 is 19.6 Å². The third-order valence-electron chi connectivity index (χ3n) is 5.79. The second-order valence-corrected chi connectivity index (χ2v) is 8.07. The van der Waals surface area contributed by atoms with Gasteiger partial charge in [0, 0.05) is 24.8 Å². The van der Waals surface area contributed by atoms with Crippen LogP contribution in [-0.2, 0) is 4.74 Å². The Balaban J connectivity index is 2.04. The average molecular weight is 410 g/mol. The fourth-order valence-corrected chi connectivity index (χ4v) is 3.86. The topological polar surface area (TPSA) is 71.5 Å². The molecule has 5 nitrogen and oxygen atoms in total. The van der Waals surface area contributed by atoms with E-state index in [-0.39, 0.29) is 29.4 Å². The molecule has 0 radical (unpaired) electrons. The Morgan fingerprint density at radius 2 is 2.03 bits per heavy atom. The molecule has 0 spiro atoms. The van der Waals surface area contributed by atoms with E-state index in [1.807, 2.05) is 6.92 Å².